The topological polar surface area (TPSA) is 32.8 Å². The van der Waals surface area contributed by atoms with Gasteiger partial charge in [0.15, 0.2) is 0 Å². The van der Waals surface area contributed by atoms with Crippen molar-refractivity contribution >= 4 is 11.6 Å². The molecule has 1 saturated heterocycles. The molecule has 0 bridgehead atoms. The largest absolute Gasteiger partial charge is 0.457 e. The number of nitrogens with zero attached hydrogens (tertiary/aromatic N) is 2. The SMILES string of the molecule is CCC(=O)N(c1cccc(C)c1)C1CCN(Cc2cccc(Oc3ccccc3)c2)CC1. The van der Waals surface area contributed by atoms with Gasteiger partial charge >= 0.3 is 0 Å². The number of anilines is 1. The van der Waals surface area contributed by atoms with Crippen LogP contribution in [0.2, 0.25) is 0 Å². The maximum atomic E-state index is 12.8. The molecule has 0 radical (unpaired) electrons. The normalized spacial score (nSPS) is 14.8. The van der Waals surface area contributed by atoms with Gasteiger partial charge in [0.05, 0.1) is 0 Å². The van der Waals surface area contributed by atoms with Crippen molar-refractivity contribution in [3.8, 4) is 11.5 Å². The van der Waals surface area contributed by atoms with Gasteiger partial charge in [0.25, 0.3) is 0 Å². The van der Waals surface area contributed by atoms with Crippen molar-refractivity contribution in [2.45, 2.75) is 45.7 Å². The Morgan fingerprint density at radius 2 is 1.66 bits per heavy atom. The molecule has 4 rings (SSSR count). The standard InChI is InChI=1S/C28H32N2O2/c1-3-28(31)30(25-11-7-9-22(2)19-25)24-15-17-29(18-16-24)21-23-10-8-14-27(20-23)32-26-12-5-4-6-13-26/h4-14,19-20,24H,3,15-18,21H2,1-2H3. The monoisotopic (exact) mass is 428 g/mol. The maximum absolute atomic E-state index is 12.8. The van der Waals surface area contributed by atoms with Crippen molar-refractivity contribution < 1.29 is 9.53 Å². The van der Waals surface area contributed by atoms with Crippen LogP contribution in [0.15, 0.2) is 78.9 Å². The van der Waals surface area contributed by atoms with Crippen LogP contribution in [0.3, 0.4) is 0 Å². The molecular weight excluding hydrogens is 396 g/mol. The molecule has 0 aliphatic carbocycles. The van der Waals surface area contributed by atoms with E-state index in [2.05, 4.69) is 48.2 Å². The molecule has 1 heterocycles. The summed E-state index contributed by atoms with van der Waals surface area (Å²) in [4.78, 5) is 17.3. The number of hydrogen-bond acceptors (Lipinski definition) is 3. The molecule has 1 aliphatic rings. The highest BCUT2D eigenvalue weighted by Gasteiger charge is 2.28. The number of likely N-dealkylation sites (tertiary alicyclic amines) is 1. The first kappa shape index (κ1) is 22.1. The van der Waals surface area contributed by atoms with E-state index in [-0.39, 0.29) is 11.9 Å². The second kappa shape index (κ2) is 10.5. The molecule has 0 atom stereocenters. The molecule has 1 aliphatic heterocycles. The van der Waals surface area contributed by atoms with Gasteiger partial charge in [-0.3, -0.25) is 9.69 Å². The van der Waals surface area contributed by atoms with Crippen LogP contribution in [0.1, 0.15) is 37.3 Å². The molecule has 0 N–H and O–H groups in total. The van der Waals surface area contributed by atoms with E-state index in [1.807, 2.05) is 54.3 Å². The van der Waals surface area contributed by atoms with Crippen molar-refractivity contribution in [2.24, 2.45) is 0 Å². The molecule has 0 spiro atoms. The third-order valence-corrected chi connectivity index (χ3v) is 6.06. The highest BCUT2D eigenvalue weighted by atomic mass is 16.5. The lowest BCUT2D eigenvalue weighted by molar-refractivity contribution is -0.119. The molecule has 0 saturated carbocycles. The van der Waals surface area contributed by atoms with Crippen molar-refractivity contribution in [1.82, 2.24) is 4.90 Å². The summed E-state index contributed by atoms with van der Waals surface area (Å²) in [5, 5.41) is 0. The van der Waals surface area contributed by atoms with E-state index >= 15 is 0 Å². The van der Waals surface area contributed by atoms with Crippen molar-refractivity contribution in [3.05, 3.63) is 90.0 Å². The summed E-state index contributed by atoms with van der Waals surface area (Å²) in [5.41, 5.74) is 3.46. The third-order valence-electron chi connectivity index (χ3n) is 6.06. The number of piperidine rings is 1. The molecule has 3 aromatic carbocycles. The smallest absolute Gasteiger partial charge is 0.226 e. The molecule has 32 heavy (non-hydrogen) atoms. The summed E-state index contributed by atoms with van der Waals surface area (Å²) in [7, 11) is 0. The molecule has 4 heteroatoms. The quantitative estimate of drug-likeness (QED) is 0.449. The van der Waals surface area contributed by atoms with Crippen LogP contribution in [0, 0.1) is 6.92 Å². The van der Waals surface area contributed by atoms with Crippen LogP contribution in [0.5, 0.6) is 11.5 Å². The average molecular weight is 429 g/mol. The number of aryl methyl sites for hydroxylation is 1. The number of rotatable bonds is 7. The molecule has 4 nitrogen and oxygen atoms in total. The molecule has 166 valence electrons. The predicted octanol–water partition coefficient (Wildman–Crippen LogP) is 6.19. The van der Waals surface area contributed by atoms with Crippen molar-refractivity contribution in [3.63, 3.8) is 0 Å². The summed E-state index contributed by atoms with van der Waals surface area (Å²) in [5.74, 6) is 1.92. The van der Waals surface area contributed by atoms with Gasteiger partial charge in [-0.15, -0.1) is 0 Å². The Balaban J connectivity index is 1.38. The zero-order chi connectivity index (χ0) is 22.3. The third kappa shape index (κ3) is 5.57. The van der Waals surface area contributed by atoms with E-state index in [4.69, 9.17) is 4.74 Å². The molecule has 1 amide bonds. The van der Waals surface area contributed by atoms with E-state index in [9.17, 15) is 4.79 Å². The summed E-state index contributed by atoms with van der Waals surface area (Å²) < 4.78 is 5.99. The summed E-state index contributed by atoms with van der Waals surface area (Å²) >= 11 is 0. The van der Waals surface area contributed by atoms with Crippen molar-refractivity contribution in [2.75, 3.05) is 18.0 Å². The number of amides is 1. The number of benzene rings is 3. The van der Waals surface area contributed by atoms with Crippen LogP contribution < -0.4 is 9.64 Å². The Hall–Kier alpha value is -3.11. The summed E-state index contributed by atoms with van der Waals surface area (Å²) in [6.07, 6.45) is 2.50. The maximum Gasteiger partial charge on any atom is 0.226 e. The van der Waals surface area contributed by atoms with Gasteiger partial charge in [0.1, 0.15) is 11.5 Å². The first-order valence-electron chi connectivity index (χ1n) is 11.6. The average Bonchev–Trinajstić information content (AvgIpc) is 2.81. The number of para-hydroxylation sites is 1. The molecule has 1 fully saturated rings. The van der Waals surface area contributed by atoms with Gasteiger partial charge < -0.3 is 9.64 Å². The van der Waals surface area contributed by atoms with E-state index < -0.39 is 0 Å². The molecular formula is C28H32N2O2. The predicted molar refractivity (Wildman–Crippen MR) is 130 cm³/mol. The minimum atomic E-state index is 0.208. The van der Waals surface area contributed by atoms with E-state index in [1.165, 1.54) is 11.1 Å². The minimum absolute atomic E-state index is 0.208. The molecule has 0 aromatic heterocycles. The lowest BCUT2D eigenvalue weighted by Crippen LogP contribution is -2.47. The highest BCUT2D eigenvalue weighted by Crippen LogP contribution is 2.27. The van der Waals surface area contributed by atoms with Gasteiger partial charge in [-0.2, -0.15) is 0 Å². The van der Waals surface area contributed by atoms with Gasteiger partial charge in [0, 0.05) is 37.8 Å². The first-order valence-corrected chi connectivity index (χ1v) is 11.6. The van der Waals surface area contributed by atoms with Gasteiger partial charge in [0.2, 0.25) is 5.91 Å². The summed E-state index contributed by atoms with van der Waals surface area (Å²) in [6.45, 7) is 6.88. The first-order chi connectivity index (χ1) is 15.6. The number of carbonyl (C=O) groups excluding carboxylic acids is 1. The van der Waals surface area contributed by atoms with Crippen LogP contribution >= 0.6 is 0 Å². The van der Waals surface area contributed by atoms with Crippen molar-refractivity contribution in [1.29, 1.82) is 0 Å². The zero-order valence-electron chi connectivity index (χ0n) is 19.0. The zero-order valence-corrected chi connectivity index (χ0v) is 19.0. The lowest BCUT2D eigenvalue weighted by atomic mass is 10.0. The Morgan fingerprint density at radius 3 is 2.38 bits per heavy atom. The lowest BCUT2D eigenvalue weighted by Gasteiger charge is -2.38. The van der Waals surface area contributed by atoms with E-state index in [0.717, 1.165) is 49.7 Å². The minimum Gasteiger partial charge on any atom is -0.457 e. The Labute approximate surface area is 191 Å². The second-order valence-electron chi connectivity index (χ2n) is 8.53. The van der Waals surface area contributed by atoms with E-state index in [0.29, 0.717) is 6.42 Å². The Kier molecular flexibility index (Phi) is 7.23. The molecule has 0 unspecified atom stereocenters. The number of hydrogen-bond donors (Lipinski definition) is 0. The van der Waals surface area contributed by atoms with Crippen LogP contribution in [0.4, 0.5) is 5.69 Å². The fraction of sp³-hybridized carbons (Fsp3) is 0.321. The molecule has 3 aromatic rings. The fourth-order valence-corrected chi connectivity index (χ4v) is 4.43. The highest BCUT2D eigenvalue weighted by molar-refractivity contribution is 5.93. The van der Waals surface area contributed by atoms with Crippen LogP contribution in [0.25, 0.3) is 0 Å². The second-order valence-corrected chi connectivity index (χ2v) is 8.53. The van der Waals surface area contributed by atoms with Gasteiger partial charge in [-0.25, -0.2) is 0 Å². The van der Waals surface area contributed by atoms with Crippen LogP contribution in [-0.2, 0) is 11.3 Å². The Morgan fingerprint density at radius 1 is 0.938 bits per heavy atom. The summed E-state index contributed by atoms with van der Waals surface area (Å²) in [6, 6.07) is 26.8. The number of ether oxygens (including phenoxy) is 1. The fourth-order valence-electron chi connectivity index (χ4n) is 4.43. The van der Waals surface area contributed by atoms with E-state index in [1.54, 1.807) is 0 Å². The van der Waals surface area contributed by atoms with Crippen LogP contribution in [-0.4, -0.2) is 29.9 Å². The van der Waals surface area contributed by atoms with Gasteiger partial charge in [-0.1, -0.05) is 49.4 Å². The Bertz CT molecular complexity index is 1030. The number of carbonyl (C=O) groups is 1. The van der Waals surface area contributed by atoms with Gasteiger partial charge in [-0.05, 0) is 67.3 Å².